The summed E-state index contributed by atoms with van der Waals surface area (Å²) in [6.07, 6.45) is 3.43. The number of thiophene rings is 1. The molecule has 0 radical (unpaired) electrons. The van der Waals surface area contributed by atoms with Crippen LogP contribution in [0, 0.1) is 0 Å². The number of piperazine rings is 1. The Bertz CT molecular complexity index is 954. The zero-order valence-corrected chi connectivity index (χ0v) is 15.9. The number of aromatic nitrogens is 2. The third-order valence-electron chi connectivity index (χ3n) is 4.55. The molecule has 1 fully saturated rings. The monoisotopic (exact) mass is 393 g/mol. The minimum Gasteiger partial charge on any atom is -0.337 e. The zero-order valence-electron chi connectivity index (χ0n) is 15.1. The molecule has 2 amide bonds. The maximum absolute atomic E-state index is 13.1. The second-order valence-corrected chi connectivity index (χ2v) is 7.25. The van der Waals surface area contributed by atoms with Crippen molar-refractivity contribution in [2.24, 2.45) is 0 Å². The second kappa shape index (κ2) is 8.18. The molecule has 1 aromatic carbocycles. The quantitative estimate of drug-likeness (QED) is 0.737. The third kappa shape index (κ3) is 3.86. The standard InChI is InChI=1S/C20H19N5O2S/c26-18(17-7-3-14-28-17)23-16-6-2-1-5-15(16)19(27)24-10-12-25(13-11-24)20-21-8-4-9-22-20/h1-9,14H,10-13H2,(H,23,26). The van der Waals surface area contributed by atoms with E-state index in [0.29, 0.717) is 48.3 Å². The van der Waals surface area contributed by atoms with E-state index in [0.717, 1.165) is 0 Å². The maximum atomic E-state index is 13.1. The van der Waals surface area contributed by atoms with E-state index in [-0.39, 0.29) is 11.8 Å². The number of carbonyl (C=O) groups is 2. The summed E-state index contributed by atoms with van der Waals surface area (Å²) in [6.45, 7) is 2.48. The van der Waals surface area contributed by atoms with Crippen molar-refractivity contribution in [3.8, 4) is 0 Å². The lowest BCUT2D eigenvalue weighted by Crippen LogP contribution is -2.49. The van der Waals surface area contributed by atoms with Crippen LogP contribution in [-0.4, -0.2) is 52.9 Å². The fourth-order valence-electron chi connectivity index (χ4n) is 3.10. The van der Waals surface area contributed by atoms with Gasteiger partial charge in [0.25, 0.3) is 11.8 Å². The van der Waals surface area contributed by atoms with Gasteiger partial charge in [-0.3, -0.25) is 9.59 Å². The van der Waals surface area contributed by atoms with Gasteiger partial charge >= 0.3 is 0 Å². The van der Waals surface area contributed by atoms with E-state index in [2.05, 4.69) is 20.2 Å². The Hall–Kier alpha value is -3.26. The van der Waals surface area contributed by atoms with Crippen LogP contribution in [0.3, 0.4) is 0 Å². The summed E-state index contributed by atoms with van der Waals surface area (Å²) in [5.74, 6) is 0.384. The van der Waals surface area contributed by atoms with Crippen molar-refractivity contribution in [3.63, 3.8) is 0 Å². The highest BCUT2D eigenvalue weighted by molar-refractivity contribution is 7.12. The SMILES string of the molecule is O=C(Nc1ccccc1C(=O)N1CCN(c2ncccn2)CC1)c1cccs1. The summed E-state index contributed by atoms with van der Waals surface area (Å²) in [4.78, 5) is 38.4. The highest BCUT2D eigenvalue weighted by Crippen LogP contribution is 2.21. The van der Waals surface area contributed by atoms with Crippen LogP contribution >= 0.6 is 11.3 Å². The molecule has 7 nitrogen and oxygen atoms in total. The molecule has 0 spiro atoms. The lowest BCUT2D eigenvalue weighted by molar-refractivity contribution is 0.0747. The summed E-state index contributed by atoms with van der Waals surface area (Å²) in [6, 6.07) is 12.5. The van der Waals surface area contributed by atoms with Crippen LogP contribution in [0.15, 0.2) is 60.2 Å². The van der Waals surface area contributed by atoms with Gasteiger partial charge in [-0.05, 0) is 29.6 Å². The first-order chi connectivity index (χ1) is 13.7. The molecular formula is C20H19N5O2S. The predicted octanol–water partition coefficient (Wildman–Crippen LogP) is 2.75. The van der Waals surface area contributed by atoms with E-state index < -0.39 is 0 Å². The molecular weight excluding hydrogens is 374 g/mol. The largest absolute Gasteiger partial charge is 0.337 e. The Labute approximate surface area is 166 Å². The third-order valence-corrected chi connectivity index (χ3v) is 5.42. The van der Waals surface area contributed by atoms with E-state index in [1.807, 2.05) is 23.6 Å². The molecule has 3 heterocycles. The zero-order chi connectivity index (χ0) is 19.3. The average Bonchev–Trinajstić information content (AvgIpc) is 3.30. The predicted molar refractivity (Wildman–Crippen MR) is 109 cm³/mol. The van der Waals surface area contributed by atoms with Crippen LogP contribution in [0.2, 0.25) is 0 Å². The van der Waals surface area contributed by atoms with Crippen LogP contribution in [-0.2, 0) is 0 Å². The molecule has 0 unspecified atom stereocenters. The van der Waals surface area contributed by atoms with E-state index in [1.165, 1.54) is 11.3 Å². The minimum atomic E-state index is -0.207. The van der Waals surface area contributed by atoms with E-state index in [4.69, 9.17) is 0 Å². The summed E-state index contributed by atoms with van der Waals surface area (Å²) in [5.41, 5.74) is 1.02. The Morgan fingerprint density at radius 3 is 2.39 bits per heavy atom. The molecule has 28 heavy (non-hydrogen) atoms. The van der Waals surface area contributed by atoms with Gasteiger partial charge in [0.15, 0.2) is 0 Å². The summed E-state index contributed by atoms with van der Waals surface area (Å²) >= 11 is 1.37. The highest BCUT2D eigenvalue weighted by atomic mass is 32.1. The smallest absolute Gasteiger partial charge is 0.265 e. The summed E-state index contributed by atoms with van der Waals surface area (Å²) in [7, 11) is 0. The van der Waals surface area contributed by atoms with Crippen LogP contribution in [0.5, 0.6) is 0 Å². The Morgan fingerprint density at radius 2 is 1.68 bits per heavy atom. The number of anilines is 2. The van der Waals surface area contributed by atoms with Crippen molar-refractivity contribution < 1.29 is 9.59 Å². The van der Waals surface area contributed by atoms with Gasteiger partial charge in [0, 0.05) is 38.6 Å². The average molecular weight is 393 g/mol. The molecule has 2 aromatic heterocycles. The normalized spacial score (nSPS) is 14.0. The molecule has 0 saturated carbocycles. The molecule has 0 aliphatic carbocycles. The van der Waals surface area contributed by atoms with Crippen molar-refractivity contribution >= 4 is 34.8 Å². The van der Waals surface area contributed by atoms with Crippen molar-refractivity contribution in [2.75, 3.05) is 36.4 Å². The Morgan fingerprint density at radius 1 is 0.929 bits per heavy atom. The number of nitrogens with zero attached hydrogens (tertiary/aromatic N) is 4. The second-order valence-electron chi connectivity index (χ2n) is 6.31. The van der Waals surface area contributed by atoms with Crippen molar-refractivity contribution in [3.05, 3.63) is 70.7 Å². The lowest BCUT2D eigenvalue weighted by Gasteiger charge is -2.35. The van der Waals surface area contributed by atoms with Gasteiger partial charge in [-0.25, -0.2) is 9.97 Å². The number of hydrogen-bond donors (Lipinski definition) is 1. The molecule has 1 saturated heterocycles. The first-order valence-electron chi connectivity index (χ1n) is 8.97. The van der Waals surface area contributed by atoms with Gasteiger partial charge in [-0.2, -0.15) is 0 Å². The molecule has 8 heteroatoms. The molecule has 142 valence electrons. The van der Waals surface area contributed by atoms with Gasteiger partial charge in [0.2, 0.25) is 5.95 Å². The number of benzene rings is 1. The van der Waals surface area contributed by atoms with Crippen LogP contribution in [0.25, 0.3) is 0 Å². The molecule has 3 aromatic rings. The van der Waals surface area contributed by atoms with Crippen molar-refractivity contribution in [1.29, 1.82) is 0 Å². The first-order valence-corrected chi connectivity index (χ1v) is 9.85. The molecule has 1 N–H and O–H groups in total. The van der Waals surface area contributed by atoms with Crippen LogP contribution in [0.4, 0.5) is 11.6 Å². The molecule has 0 atom stereocenters. The van der Waals surface area contributed by atoms with E-state index >= 15 is 0 Å². The van der Waals surface area contributed by atoms with Gasteiger partial charge in [0.1, 0.15) is 0 Å². The molecule has 4 rings (SSSR count). The number of amides is 2. The van der Waals surface area contributed by atoms with E-state index in [1.54, 1.807) is 41.6 Å². The number of para-hydroxylation sites is 1. The molecule has 1 aliphatic heterocycles. The maximum Gasteiger partial charge on any atom is 0.265 e. The van der Waals surface area contributed by atoms with Gasteiger partial charge < -0.3 is 15.1 Å². The fourth-order valence-corrected chi connectivity index (χ4v) is 3.72. The van der Waals surface area contributed by atoms with Crippen LogP contribution < -0.4 is 10.2 Å². The summed E-state index contributed by atoms with van der Waals surface area (Å²) < 4.78 is 0. The van der Waals surface area contributed by atoms with Crippen molar-refractivity contribution in [2.45, 2.75) is 0 Å². The molecule has 1 aliphatic rings. The first kappa shape index (κ1) is 18.1. The topological polar surface area (TPSA) is 78.4 Å². The Kier molecular flexibility index (Phi) is 5.29. The number of carbonyl (C=O) groups excluding carboxylic acids is 2. The van der Waals surface area contributed by atoms with Gasteiger partial charge in [-0.15, -0.1) is 11.3 Å². The van der Waals surface area contributed by atoms with Crippen molar-refractivity contribution in [1.82, 2.24) is 14.9 Å². The van der Waals surface area contributed by atoms with Crippen LogP contribution in [0.1, 0.15) is 20.0 Å². The van der Waals surface area contributed by atoms with Gasteiger partial charge in [-0.1, -0.05) is 18.2 Å². The lowest BCUT2D eigenvalue weighted by atomic mass is 10.1. The van der Waals surface area contributed by atoms with E-state index in [9.17, 15) is 9.59 Å². The Balaban J connectivity index is 1.45. The summed E-state index contributed by atoms with van der Waals surface area (Å²) in [5, 5.41) is 4.71. The number of rotatable bonds is 4. The number of hydrogen-bond acceptors (Lipinski definition) is 6. The van der Waals surface area contributed by atoms with Gasteiger partial charge in [0.05, 0.1) is 16.1 Å². The fraction of sp³-hybridized carbons (Fsp3) is 0.200. The minimum absolute atomic E-state index is 0.0873. The number of nitrogens with one attached hydrogen (secondary N) is 1. The molecule has 0 bridgehead atoms. The highest BCUT2D eigenvalue weighted by Gasteiger charge is 2.25.